The molecule has 20 unspecified atom stereocenters. The first-order chi connectivity index (χ1) is 25.7. The van der Waals surface area contributed by atoms with E-state index in [0.29, 0.717) is 13.0 Å². The van der Waals surface area contributed by atoms with Crippen molar-refractivity contribution in [1.82, 2.24) is 0 Å². The molecule has 0 aromatic rings. The highest BCUT2D eigenvalue weighted by Crippen LogP contribution is 2.79. The van der Waals surface area contributed by atoms with Gasteiger partial charge in [-0.05, 0) is 84.9 Å². The molecule has 3 aliphatic heterocycles. The number of ether oxygens (including phenoxy) is 5. The normalized spacial score (nSPS) is 57.9. The van der Waals surface area contributed by atoms with Crippen LogP contribution in [0.4, 0.5) is 0 Å². The first kappa shape index (κ1) is 41.0. The molecule has 7 fully saturated rings. The lowest BCUT2D eigenvalue weighted by Crippen LogP contribution is -2.72. The second-order valence-corrected chi connectivity index (χ2v) is 21.1. The molecule has 8 N–H and O–H groups in total. The van der Waals surface area contributed by atoms with Gasteiger partial charge in [0.15, 0.2) is 12.6 Å². The minimum Gasteiger partial charge on any atom is -0.394 e. The van der Waals surface area contributed by atoms with E-state index in [2.05, 4.69) is 60.6 Å². The number of allylic oxidation sites excluding steroid dienone is 1. The van der Waals surface area contributed by atoms with E-state index in [1.807, 2.05) is 0 Å². The Morgan fingerprint density at radius 3 is 2.00 bits per heavy atom. The molecule has 5 aliphatic carbocycles. The van der Waals surface area contributed by atoms with Crippen LogP contribution in [0.1, 0.15) is 99.8 Å². The van der Waals surface area contributed by atoms with Gasteiger partial charge in [0.25, 0.3) is 0 Å². The fraction of sp³-hybridized carbons (Fsp3) is 0.952. The van der Waals surface area contributed by atoms with Gasteiger partial charge in [-0.1, -0.05) is 60.6 Å². The monoisotopic (exact) mass is 780 g/mol. The van der Waals surface area contributed by atoms with E-state index in [1.165, 1.54) is 0 Å². The SMILES string of the molecule is CC1(C)CCC23COC4(C=CC5C6(C)CCC(OC7OC(CO)C(O)C(O)C7OC7OC(CO)C(O)C(O)C7O)C(C)(C)C6CCC5(C)C4(C)CC2O)C3C1. The van der Waals surface area contributed by atoms with E-state index in [1.54, 1.807) is 0 Å². The molecule has 1 spiro atoms. The molecule has 8 rings (SSSR count). The minimum atomic E-state index is -1.74. The Hall–Kier alpha value is -0.780. The summed E-state index contributed by atoms with van der Waals surface area (Å²) in [6.45, 7) is 15.8. The highest BCUT2D eigenvalue weighted by molar-refractivity contribution is 5.36. The molecular weight excluding hydrogens is 712 g/mol. The third kappa shape index (κ3) is 5.51. The summed E-state index contributed by atoms with van der Waals surface area (Å²) < 4.78 is 31.6. The zero-order valence-electron chi connectivity index (χ0n) is 33.7. The average Bonchev–Trinajstić information content (AvgIpc) is 3.40. The molecule has 4 saturated carbocycles. The van der Waals surface area contributed by atoms with Crippen LogP contribution in [0.2, 0.25) is 0 Å². The number of rotatable bonds is 6. The van der Waals surface area contributed by atoms with E-state index in [4.69, 9.17) is 23.7 Å². The minimum absolute atomic E-state index is 0.121. The highest BCUT2D eigenvalue weighted by atomic mass is 16.8. The standard InChI is InChI=1S/C42H68O13/c1-36(2)14-15-41-20-51-42(25(41)16-36)13-9-24-38(5)11-10-27(37(3,4)23(38)8-12-39(24,6)40(42,7)17-26(41)45)54-35-33(31(49)29(47)22(19-44)53-35)55-34-32(50)30(48)28(46)21(18-43)52-34/h9,13,21-35,43-50H,8,10-12,14-20H2,1-7H3. The van der Waals surface area contributed by atoms with E-state index >= 15 is 0 Å². The summed E-state index contributed by atoms with van der Waals surface area (Å²) in [4.78, 5) is 0. The van der Waals surface area contributed by atoms with Gasteiger partial charge < -0.3 is 64.5 Å². The van der Waals surface area contributed by atoms with Crippen molar-refractivity contribution in [3.8, 4) is 0 Å². The van der Waals surface area contributed by atoms with Crippen molar-refractivity contribution in [3.63, 3.8) is 0 Å². The van der Waals surface area contributed by atoms with Crippen LogP contribution in [0.25, 0.3) is 0 Å². The lowest BCUT2D eigenvalue weighted by molar-refractivity contribution is -0.378. The maximum atomic E-state index is 12.1. The largest absolute Gasteiger partial charge is 0.394 e. The number of aliphatic hydroxyl groups is 8. The lowest BCUT2D eigenvalue weighted by Gasteiger charge is -2.73. The van der Waals surface area contributed by atoms with Gasteiger partial charge in [0.05, 0.1) is 37.6 Å². The van der Waals surface area contributed by atoms with Crippen molar-refractivity contribution in [2.75, 3.05) is 19.8 Å². The Morgan fingerprint density at radius 2 is 1.33 bits per heavy atom. The second kappa shape index (κ2) is 13.4. The Kier molecular flexibility index (Phi) is 9.95. The summed E-state index contributed by atoms with van der Waals surface area (Å²) in [5.41, 5.74) is -1.36. The maximum Gasteiger partial charge on any atom is 0.187 e. The first-order valence-electron chi connectivity index (χ1n) is 20.9. The Bertz CT molecular complexity index is 1490. The summed E-state index contributed by atoms with van der Waals surface area (Å²) in [6.07, 6.45) is -3.60. The van der Waals surface area contributed by atoms with Crippen LogP contribution in [0, 0.1) is 50.2 Å². The Morgan fingerprint density at radius 1 is 0.673 bits per heavy atom. The van der Waals surface area contributed by atoms with Gasteiger partial charge in [-0.2, -0.15) is 0 Å². The average molecular weight is 781 g/mol. The predicted molar refractivity (Wildman–Crippen MR) is 197 cm³/mol. The smallest absolute Gasteiger partial charge is 0.187 e. The molecule has 55 heavy (non-hydrogen) atoms. The summed E-state index contributed by atoms with van der Waals surface area (Å²) in [5.74, 6) is 0.698. The summed E-state index contributed by atoms with van der Waals surface area (Å²) in [5, 5.41) is 85.6. The Balaban J connectivity index is 1.07. The van der Waals surface area contributed by atoms with Crippen LogP contribution in [-0.4, -0.2) is 140 Å². The lowest BCUT2D eigenvalue weighted by atomic mass is 9.32. The number of hydrogen-bond donors (Lipinski definition) is 8. The summed E-state index contributed by atoms with van der Waals surface area (Å²) >= 11 is 0. The molecule has 2 bridgehead atoms. The quantitative estimate of drug-likeness (QED) is 0.143. The molecule has 0 aromatic heterocycles. The molecule has 20 atom stereocenters. The van der Waals surface area contributed by atoms with E-state index in [-0.39, 0.29) is 44.8 Å². The number of aliphatic hydroxyl groups excluding tert-OH is 8. The molecule has 3 heterocycles. The highest BCUT2D eigenvalue weighted by Gasteiger charge is 2.79. The van der Waals surface area contributed by atoms with Crippen molar-refractivity contribution < 1.29 is 64.5 Å². The fourth-order valence-electron chi connectivity index (χ4n) is 14.3. The van der Waals surface area contributed by atoms with Crippen LogP contribution in [0.3, 0.4) is 0 Å². The van der Waals surface area contributed by atoms with Crippen LogP contribution in [0.5, 0.6) is 0 Å². The zero-order valence-corrected chi connectivity index (χ0v) is 33.7. The summed E-state index contributed by atoms with van der Waals surface area (Å²) in [7, 11) is 0. The van der Waals surface area contributed by atoms with Gasteiger partial charge in [0.1, 0.15) is 48.8 Å². The second-order valence-electron chi connectivity index (χ2n) is 21.1. The molecule has 0 aromatic carbocycles. The first-order valence-corrected chi connectivity index (χ1v) is 20.9. The molecule has 8 aliphatic rings. The van der Waals surface area contributed by atoms with Crippen LogP contribution in [-0.2, 0) is 23.7 Å². The third-order valence-corrected chi connectivity index (χ3v) is 17.8. The van der Waals surface area contributed by atoms with Crippen molar-refractivity contribution in [2.45, 2.75) is 179 Å². The van der Waals surface area contributed by atoms with Gasteiger partial charge in [-0.15, -0.1) is 0 Å². The van der Waals surface area contributed by atoms with Gasteiger partial charge in [0, 0.05) is 16.7 Å². The van der Waals surface area contributed by atoms with E-state index in [0.717, 1.165) is 44.9 Å². The van der Waals surface area contributed by atoms with E-state index in [9.17, 15) is 40.9 Å². The van der Waals surface area contributed by atoms with Crippen LogP contribution in [0.15, 0.2) is 12.2 Å². The van der Waals surface area contributed by atoms with Crippen molar-refractivity contribution in [1.29, 1.82) is 0 Å². The molecule has 0 radical (unpaired) electrons. The molecule has 314 valence electrons. The zero-order chi connectivity index (χ0) is 39.9. The summed E-state index contributed by atoms with van der Waals surface area (Å²) in [6, 6.07) is 0. The molecular formula is C42H68O13. The van der Waals surface area contributed by atoms with Gasteiger partial charge >= 0.3 is 0 Å². The Labute approximate surface area is 325 Å². The van der Waals surface area contributed by atoms with Crippen molar-refractivity contribution in [3.05, 3.63) is 12.2 Å². The maximum absolute atomic E-state index is 12.1. The molecule has 0 amide bonds. The van der Waals surface area contributed by atoms with E-state index < -0.39 is 97.8 Å². The van der Waals surface area contributed by atoms with Gasteiger partial charge in [0.2, 0.25) is 0 Å². The predicted octanol–water partition coefficient (Wildman–Crippen LogP) is 1.78. The van der Waals surface area contributed by atoms with Gasteiger partial charge in [-0.3, -0.25) is 0 Å². The molecule has 13 heteroatoms. The van der Waals surface area contributed by atoms with Crippen LogP contribution < -0.4 is 0 Å². The molecule has 3 saturated heterocycles. The third-order valence-electron chi connectivity index (χ3n) is 17.8. The van der Waals surface area contributed by atoms with Crippen molar-refractivity contribution in [2.24, 2.45) is 50.2 Å². The van der Waals surface area contributed by atoms with Crippen LogP contribution >= 0.6 is 0 Å². The molecule has 13 nitrogen and oxygen atoms in total. The topological polar surface area (TPSA) is 208 Å². The van der Waals surface area contributed by atoms with Gasteiger partial charge in [-0.25, -0.2) is 0 Å². The fourth-order valence-corrected chi connectivity index (χ4v) is 14.3. The van der Waals surface area contributed by atoms with Crippen molar-refractivity contribution >= 4 is 0 Å². The number of hydrogen-bond acceptors (Lipinski definition) is 13. The number of fused-ring (bicyclic) bond motifs is 4.